The maximum atomic E-state index is 12.0. The molecule has 2 amide bonds. The van der Waals surface area contributed by atoms with Gasteiger partial charge in [-0.15, -0.1) is 0 Å². The van der Waals surface area contributed by atoms with Gasteiger partial charge in [-0.3, -0.25) is 19.1 Å². The second kappa shape index (κ2) is 7.05. The summed E-state index contributed by atoms with van der Waals surface area (Å²) in [4.78, 5) is 25.3. The van der Waals surface area contributed by atoms with E-state index in [1.54, 1.807) is 12.1 Å². The molecule has 0 spiro atoms. The first-order valence-electron chi connectivity index (χ1n) is 8.24. The van der Waals surface area contributed by atoms with Crippen molar-refractivity contribution >= 4 is 27.6 Å². The van der Waals surface area contributed by atoms with Crippen LogP contribution < -0.4 is 10.2 Å². The molecular formula is C17H19N3O5S. The molecule has 1 unspecified atom stereocenters. The summed E-state index contributed by atoms with van der Waals surface area (Å²) in [6.45, 7) is 1.12. The van der Waals surface area contributed by atoms with Crippen LogP contribution in [0.15, 0.2) is 18.2 Å². The number of piperidine rings is 1. The van der Waals surface area contributed by atoms with Crippen LogP contribution >= 0.6 is 0 Å². The number of anilines is 1. The molecule has 1 atom stereocenters. The van der Waals surface area contributed by atoms with Crippen molar-refractivity contribution in [2.75, 3.05) is 30.9 Å². The Bertz CT molecular complexity index is 884. The normalized spacial score (nSPS) is 21.1. The topological polar surface area (TPSA) is 117 Å². The molecule has 8 nitrogen and oxygen atoms in total. The van der Waals surface area contributed by atoms with Gasteiger partial charge in [0.1, 0.15) is 0 Å². The van der Waals surface area contributed by atoms with Gasteiger partial charge in [0.25, 0.3) is 10.1 Å². The molecule has 1 aromatic rings. The van der Waals surface area contributed by atoms with Crippen molar-refractivity contribution in [1.29, 1.82) is 5.26 Å². The lowest BCUT2D eigenvalue weighted by Gasteiger charge is -2.41. The molecule has 2 heterocycles. The molecule has 0 aromatic heterocycles. The molecule has 26 heavy (non-hydrogen) atoms. The van der Waals surface area contributed by atoms with Crippen LogP contribution in [0.2, 0.25) is 0 Å². The summed E-state index contributed by atoms with van der Waals surface area (Å²) in [6.07, 6.45) is 0.643. The second-order valence-electron chi connectivity index (χ2n) is 6.55. The van der Waals surface area contributed by atoms with E-state index >= 15 is 0 Å². The van der Waals surface area contributed by atoms with Crippen LogP contribution in [0.4, 0.5) is 5.69 Å². The highest BCUT2D eigenvalue weighted by molar-refractivity contribution is 7.86. The van der Waals surface area contributed by atoms with Crippen LogP contribution in [0.5, 0.6) is 0 Å². The van der Waals surface area contributed by atoms with E-state index in [9.17, 15) is 23.3 Å². The Morgan fingerprint density at radius 3 is 2.69 bits per heavy atom. The number of benzene rings is 1. The van der Waals surface area contributed by atoms with Crippen molar-refractivity contribution in [2.45, 2.75) is 18.8 Å². The van der Waals surface area contributed by atoms with E-state index in [0.717, 1.165) is 12.8 Å². The number of amides is 2. The standard InChI is InChI=1S/C17H19N3O5S/c1-25-26(23,24)10-11-8-20(9-11)13-2-3-14(12(6-13)7-18)15-4-5-16(21)19-17(15)22/h2-3,6,11,15H,4-5,8-10H2,1H3,(H,19,21,22). The average Bonchev–Trinajstić information content (AvgIpc) is 2.57. The van der Waals surface area contributed by atoms with Crippen molar-refractivity contribution in [3.8, 4) is 6.07 Å². The number of hydrogen-bond donors (Lipinski definition) is 1. The van der Waals surface area contributed by atoms with E-state index in [0.29, 0.717) is 30.6 Å². The fourth-order valence-electron chi connectivity index (χ4n) is 3.37. The molecule has 2 fully saturated rings. The van der Waals surface area contributed by atoms with Crippen LogP contribution in [-0.4, -0.2) is 46.2 Å². The summed E-state index contributed by atoms with van der Waals surface area (Å²) >= 11 is 0. The number of imide groups is 1. The number of nitrogens with zero attached hydrogens (tertiary/aromatic N) is 2. The average molecular weight is 377 g/mol. The van der Waals surface area contributed by atoms with Crippen molar-refractivity contribution in [1.82, 2.24) is 5.32 Å². The van der Waals surface area contributed by atoms with Gasteiger partial charge >= 0.3 is 0 Å². The van der Waals surface area contributed by atoms with E-state index < -0.39 is 16.0 Å². The maximum Gasteiger partial charge on any atom is 0.267 e. The number of rotatable bonds is 5. The summed E-state index contributed by atoms with van der Waals surface area (Å²) in [5.74, 6) is -1.22. The van der Waals surface area contributed by atoms with Gasteiger partial charge in [-0.1, -0.05) is 6.07 Å². The van der Waals surface area contributed by atoms with Crippen LogP contribution in [-0.2, 0) is 23.9 Å². The smallest absolute Gasteiger partial charge is 0.267 e. The molecule has 0 saturated carbocycles. The lowest BCUT2D eigenvalue weighted by molar-refractivity contribution is -0.134. The SMILES string of the molecule is COS(=O)(=O)CC1CN(c2ccc(C3CCC(=O)NC3=O)c(C#N)c2)C1. The highest BCUT2D eigenvalue weighted by Gasteiger charge is 2.33. The first-order chi connectivity index (χ1) is 12.3. The molecule has 1 aromatic carbocycles. The van der Waals surface area contributed by atoms with Gasteiger partial charge in [0.15, 0.2) is 0 Å². The van der Waals surface area contributed by atoms with Crippen LogP contribution in [0.25, 0.3) is 0 Å². The molecule has 2 aliphatic rings. The van der Waals surface area contributed by atoms with Crippen molar-refractivity contribution in [3.05, 3.63) is 29.3 Å². The zero-order valence-electron chi connectivity index (χ0n) is 14.3. The molecule has 1 N–H and O–H groups in total. The zero-order chi connectivity index (χ0) is 18.9. The van der Waals surface area contributed by atoms with Gasteiger partial charge < -0.3 is 4.90 Å². The minimum Gasteiger partial charge on any atom is -0.371 e. The Morgan fingerprint density at radius 2 is 2.08 bits per heavy atom. The third kappa shape index (κ3) is 3.71. The van der Waals surface area contributed by atoms with Gasteiger partial charge in [0.2, 0.25) is 11.8 Å². The Kier molecular flexibility index (Phi) is 4.98. The van der Waals surface area contributed by atoms with Gasteiger partial charge in [-0.25, -0.2) is 0 Å². The molecule has 3 rings (SSSR count). The molecule has 138 valence electrons. The predicted octanol–water partition coefficient (Wildman–Crippen LogP) is 0.491. The molecule has 2 aliphatic heterocycles. The quantitative estimate of drug-likeness (QED) is 0.586. The first kappa shape index (κ1) is 18.4. The van der Waals surface area contributed by atoms with E-state index in [-0.39, 0.29) is 29.9 Å². The number of nitriles is 1. The predicted molar refractivity (Wildman–Crippen MR) is 92.8 cm³/mol. The summed E-state index contributed by atoms with van der Waals surface area (Å²) in [7, 11) is -2.33. The fourth-order valence-corrected chi connectivity index (χ4v) is 4.30. The summed E-state index contributed by atoms with van der Waals surface area (Å²) in [5, 5.41) is 11.8. The van der Waals surface area contributed by atoms with E-state index in [1.807, 2.05) is 11.0 Å². The third-order valence-electron chi connectivity index (χ3n) is 4.79. The van der Waals surface area contributed by atoms with Crippen molar-refractivity contribution < 1.29 is 22.2 Å². The molecule has 0 aliphatic carbocycles. The Labute approximate surface area is 151 Å². The van der Waals surface area contributed by atoms with Crippen molar-refractivity contribution in [2.24, 2.45) is 5.92 Å². The van der Waals surface area contributed by atoms with Crippen LogP contribution in [0.3, 0.4) is 0 Å². The first-order valence-corrected chi connectivity index (χ1v) is 9.81. The largest absolute Gasteiger partial charge is 0.371 e. The van der Waals surface area contributed by atoms with Crippen LogP contribution in [0, 0.1) is 17.2 Å². The molecule has 0 bridgehead atoms. The zero-order valence-corrected chi connectivity index (χ0v) is 15.1. The highest BCUT2D eigenvalue weighted by atomic mass is 32.2. The van der Waals surface area contributed by atoms with Gasteiger partial charge in [0.05, 0.1) is 30.4 Å². The number of carbonyl (C=O) groups is 2. The third-order valence-corrected chi connectivity index (χ3v) is 6.18. The lowest BCUT2D eigenvalue weighted by atomic mass is 9.87. The number of nitrogens with one attached hydrogen (secondary N) is 1. The Hall–Kier alpha value is -2.44. The van der Waals surface area contributed by atoms with Crippen LogP contribution in [0.1, 0.15) is 29.9 Å². The number of hydrogen-bond acceptors (Lipinski definition) is 7. The summed E-state index contributed by atoms with van der Waals surface area (Å²) in [6, 6.07) is 7.39. The molecule has 2 saturated heterocycles. The van der Waals surface area contributed by atoms with Gasteiger partial charge in [0, 0.05) is 31.1 Å². The second-order valence-corrected chi connectivity index (χ2v) is 8.33. The van der Waals surface area contributed by atoms with E-state index in [1.165, 1.54) is 0 Å². The monoisotopic (exact) mass is 377 g/mol. The maximum absolute atomic E-state index is 12.0. The van der Waals surface area contributed by atoms with Gasteiger partial charge in [-0.05, 0) is 24.1 Å². The molecular weight excluding hydrogens is 358 g/mol. The van der Waals surface area contributed by atoms with Gasteiger partial charge in [-0.2, -0.15) is 13.7 Å². The molecule has 9 heteroatoms. The number of carbonyl (C=O) groups excluding carboxylic acids is 2. The van der Waals surface area contributed by atoms with E-state index in [2.05, 4.69) is 15.6 Å². The fraction of sp³-hybridized carbons (Fsp3) is 0.471. The molecule has 0 radical (unpaired) electrons. The minimum absolute atomic E-state index is 0.0136. The highest BCUT2D eigenvalue weighted by Crippen LogP contribution is 2.32. The summed E-state index contributed by atoms with van der Waals surface area (Å²) < 4.78 is 27.4. The Balaban J connectivity index is 1.72. The Morgan fingerprint density at radius 1 is 1.35 bits per heavy atom. The summed E-state index contributed by atoms with van der Waals surface area (Å²) in [5.41, 5.74) is 1.81. The van der Waals surface area contributed by atoms with E-state index in [4.69, 9.17) is 0 Å². The minimum atomic E-state index is -3.48. The lowest BCUT2D eigenvalue weighted by Crippen LogP contribution is -2.49. The van der Waals surface area contributed by atoms with Crippen molar-refractivity contribution in [3.63, 3.8) is 0 Å².